The minimum Gasteiger partial charge on any atom is -0.497 e. The van der Waals surface area contributed by atoms with Crippen molar-refractivity contribution in [1.29, 1.82) is 0 Å². The van der Waals surface area contributed by atoms with Crippen LogP contribution < -0.4 is 19.5 Å². The Hall–Kier alpha value is -4.51. The smallest absolute Gasteiger partial charge is 0.416 e. The van der Waals surface area contributed by atoms with Crippen LogP contribution in [-0.2, 0) is 16.2 Å². The highest BCUT2D eigenvalue weighted by Crippen LogP contribution is 2.36. The molecular formula is C31H29F3N2O5S. The molecule has 0 aromatic heterocycles. The second kappa shape index (κ2) is 11.8. The van der Waals surface area contributed by atoms with Crippen molar-refractivity contribution in [3.63, 3.8) is 0 Å². The first-order chi connectivity index (χ1) is 19.6. The van der Waals surface area contributed by atoms with Gasteiger partial charge in [0.1, 0.15) is 22.1 Å². The van der Waals surface area contributed by atoms with E-state index in [1.165, 1.54) is 30.3 Å². The molecule has 0 heterocycles. The fraction of sp³-hybridized carbons (Fsp3) is 0.194. The average Bonchev–Trinajstić information content (AvgIpc) is 2.91. The second-order valence-corrected chi connectivity index (χ2v) is 12.1. The number of hydrogen-bond donors (Lipinski definition) is 2. The topological polar surface area (TPSA) is 93.7 Å². The fourth-order valence-electron chi connectivity index (χ4n) is 4.03. The maximum absolute atomic E-state index is 13.4. The van der Waals surface area contributed by atoms with E-state index in [0.29, 0.717) is 22.6 Å². The van der Waals surface area contributed by atoms with Crippen molar-refractivity contribution in [3.8, 4) is 39.5 Å². The lowest BCUT2D eigenvalue weighted by atomic mass is 10.0. The molecule has 0 saturated heterocycles. The van der Waals surface area contributed by atoms with E-state index >= 15 is 0 Å². The van der Waals surface area contributed by atoms with Gasteiger partial charge in [0.25, 0.3) is 10.0 Å². The molecule has 11 heteroatoms. The molecule has 0 aliphatic rings. The number of nitrogens with one attached hydrogen (secondary N) is 2. The third-order valence-corrected chi connectivity index (χ3v) is 7.33. The van der Waals surface area contributed by atoms with E-state index in [0.717, 1.165) is 23.3 Å². The van der Waals surface area contributed by atoms with Gasteiger partial charge in [0, 0.05) is 5.54 Å². The Kier molecular flexibility index (Phi) is 8.53. The summed E-state index contributed by atoms with van der Waals surface area (Å²) in [5.74, 6) is 0.923. The predicted molar refractivity (Wildman–Crippen MR) is 154 cm³/mol. The molecule has 0 aliphatic carbocycles. The Bertz CT molecular complexity index is 1680. The van der Waals surface area contributed by atoms with Gasteiger partial charge in [-0.1, -0.05) is 42.5 Å². The third-order valence-electron chi connectivity index (χ3n) is 5.98. The lowest BCUT2D eigenvalue weighted by Crippen LogP contribution is -2.48. The third kappa shape index (κ3) is 7.61. The number of ether oxygens (including phenoxy) is 2. The molecule has 0 bridgehead atoms. The summed E-state index contributed by atoms with van der Waals surface area (Å²) in [4.78, 5) is 12.1. The molecule has 0 spiro atoms. The minimum absolute atomic E-state index is 0.0893. The zero-order valence-electron chi connectivity index (χ0n) is 23.2. The first kappa shape index (κ1) is 30.4. The first-order valence-corrected chi connectivity index (χ1v) is 14.2. The molecular weight excluding hydrogens is 569 g/mol. The van der Waals surface area contributed by atoms with Crippen molar-refractivity contribution in [2.75, 3.05) is 7.11 Å². The van der Waals surface area contributed by atoms with Crippen molar-refractivity contribution >= 4 is 16.1 Å². The van der Waals surface area contributed by atoms with Crippen LogP contribution >= 0.6 is 0 Å². The Morgan fingerprint density at radius 1 is 0.738 bits per heavy atom. The maximum Gasteiger partial charge on any atom is 0.416 e. The first-order valence-electron chi connectivity index (χ1n) is 12.7. The fourth-order valence-corrected chi connectivity index (χ4v) is 5.09. The van der Waals surface area contributed by atoms with Crippen LogP contribution in [0.15, 0.2) is 95.9 Å². The summed E-state index contributed by atoms with van der Waals surface area (Å²) in [6.45, 7) is 5.07. The quantitative estimate of drug-likeness (QED) is 0.228. The van der Waals surface area contributed by atoms with E-state index in [1.807, 2.05) is 35.1 Å². The van der Waals surface area contributed by atoms with Gasteiger partial charge in [-0.15, -0.1) is 0 Å². The van der Waals surface area contributed by atoms with Crippen LogP contribution in [0.4, 0.5) is 18.0 Å². The predicted octanol–water partition coefficient (Wildman–Crippen LogP) is 7.63. The highest BCUT2D eigenvalue weighted by atomic mass is 32.2. The Morgan fingerprint density at radius 3 is 1.88 bits per heavy atom. The van der Waals surface area contributed by atoms with E-state index in [1.54, 1.807) is 46.1 Å². The molecule has 220 valence electrons. The zero-order valence-corrected chi connectivity index (χ0v) is 24.1. The van der Waals surface area contributed by atoms with E-state index in [9.17, 15) is 26.4 Å². The summed E-state index contributed by atoms with van der Waals surface area (Å²) in [6.07, 6.45) is -4.52. The molecule has 0 fully saturated rings. The van der Waals surface area contributed by atoms with Crippen molar-refractivity contribution in [3.05, 3.63) is 96.6 Å². The monoisotopic (exact) mass is 598 g/mol. The molecule has 7 nitrogen and oxygen atoms in total. The molecule has 4 aromatic rings. The number of hydrogen-bond acceptors (Lipinski definition) is 5. The van der Waals surface area contributed by atoms with Crippen molar-refractivity contribution in [2.45, 2.75) is 37.4 Å². The summed E-state index contributed by atoms with van der Waals surface area (Å²) in [7, 11) is -2.93. The number of amides is 2. The number of benzene rings is 4. The number of methoxy groups -OCH3 is 1. The summed E-state index contributed by atoms with van der Waals surface area (Å²) in [5.41, 5.74) is 0.751. The zero-order chi connectivity index (χ0) is 30.7. The standard InChI is InChI=1S/C31H29F3N2O5S/c1-30(2,3)35-29(37)36-42(38,39)28-19-23(20-8-13-24(14-9-20)31(32,33)34)12-17-27(28)41-26-7-5-6-22(18-26)21-10-15-25(40-4)16-11-21/h5-19H,1-4H3,(H2,35,36,37). The van der Waals surface area contributed by atoms with Crippen molar-refractivity contribution in [1.82, 2.24) is 10.0 Å². The highest BCUT2D eigenvalue weighted by molar-refractivity contribution is 7.90. The number of carbonyl (C=O) groups excluding carboxylic acids is 1. The van der Waals surface area contributed by atoms with Gasteiger partial charge in [-0.3, -0.25) is 0 Å². The van der Waals surface area contributed by atoms with Crippen LogP contribution in [-0.4, -0.2) is 27.1 Å². The van der Waals surface area contributed by atoms with Crippen LogP contribution in [0.5, 0.6) is 17.2 Å². The van der Waals surface area contributed by atoms with E-state index < -0.39 is 33.3 Å². The van der Waals surface area contributed by atoms with Gasteiger partial charge < -0.3 is 14.8 Å². The Balaban J connectivity index is 1.73. The molecule has 0 saturated carbocycles. The maximum atomic E-state index is 13.4. The molecule has 0 aliphatic heterocycles. The van der Waals surface area contributed by atoms with E-state index in [-0.39, 0.29) is 10.6 Å². The van der Waals surface area contributed by atoms with Crippen LogP contribution in [0.3, 0.4) is 0 Å². The van der Waals surface area contributed by atoms with Gasteiger partial charge in [-0.25, -0.2) is 17.9 Å². The molecule has 0 unspecified atom stereocenters. The van der Waals surface area contributed by atoms with Crippen molar-refractivity contribution in [2.24, 2.45) is 0 Å². The number of alkyl halides is 3. The largest absolute Gasteiger partial charge is 0.497 e. The molecule has 0 radical (unpaired) electrons. The molecule has 2 N–H and O–H groups in total. The SMILES string of the molecule is COc1ccc(-c2cccc(Oc3ccc(-c4ccc(C(F)(F)F)cc4)cc3S(=O)(=O)NC(=O)NC(C)(C)C)c2)cc1. The van der Waals surface area contributed by atoms with Gasteiger partial charge in [-0.2, -0.15) is 13.2 Å². The number of sulfonamides is 1. The highest BCUT2D eigenvalue weighted by Gasteiger charge is 2.30. The van der Waals surface area contributed by atoms with E-state index in [4.69, 9.17) is 9.47 Å². The van der Waals surface area contributed by atoms with Gasteiger partial charge in [0.2, 0.25) is 0 Å². The van der Waals surface area contributed by atoms with Crippen LogP contribution in [0.1, 0.15) is 26.3 Å². The van der Waals surface area contributed by atoms with E-state index in [2.05, 4.69) is 5.32 Å². The average molecular weight is 599 g/mol. The molecule has 42 heavy (non-hydrogen) atoms. The molecule has 4 rings (SSSR count). The summed E-state index contributed by atoms with van der Waals surface area (Å²) < 4.78 is 79.3. The van der Waals surface area contributed by atoms with Gasteiger partial charge >= 0.3 is 12.2 Å². The second-order valence-electron chi connectivity index (χ2n) is 10.4. The number of rotatable bonds is 7. The van der Waals surface area contributed by atoms with Crippen LogP contribution in [0, 0.1) is 0 Å². The molecule has 2 amide bonds. The van der Waals surface area contributed by atoms with Gasteiger partial charge in [0.05, 0.1) is 12.7 Å². The van der Waals surface area contributed by atoms with Crippen LogP contribution in [0.25, 0.3) is 22.3 Å². The van der Waals surface area contributed by atoms with Gasteiger partial charge in [0.15, 0.2) is 0 Å². The lowest BCUT2D eigenvalue weighted by Gasteiger charge is -2.21. The lowest BCUT2D eigenvalue weighted by molar-refractivity contribution is -0.137. The van der Waals surface area contributed by atoms with Crippen molar-refractivity contribution < 1.29 is 35.9 Å². The number of carbonyl (C=O) groups is 1. The van der Waals surface area contributed by atoms with Gasteiger partial charge in [-0.05, 0) is 91.6 Å². The summed E-state index contributed by atoms with van der Waals surface area (Å²) in [6, 6.07) is 21.8. The summed E-state index contributed by atoms with van der Waals surface area (Å²) >= 11 is 0. The number of urea groups is 1. The summed E-state index contributed by atoms with van der Waals surface area (Å²) in [5, 5.41) is 2.53. The number of halogens is 3. The Labute approximate surface area is 242 Å². The normalized spacial score (nSPS) is 12.0. The van der Waals surface area contributed by atoms with Crippen LogP contribution in [0.2, 0.25) is 0 Å². The molecule has 4 aromatic carbocycles. The Morgan fingerprint density at radius 2 is 1.31 bits per heavy atom. The molecule has 0 atom stereocenters. The minimum atomic E-state index is -4.52.